The molecular formula is C19H18ClN3O3S. The predicted octanol–water partition coefficient (Wildman–Crippen LogP) is 4.65. The van der Waals surface area contributed by atoms with Crippen molar-refractivity contribution in [1.29, 1.82) is 0 Å². The number of halogens is 1. The maximum atomic E-state index is 6.38. The third-order valence-electron chi connectivity index (χ3n) is 4.28. The molecule has 1 aliphatic heterocycles. The molecule has 0 spiro atoms. The lowest BCUT2D eigenvalue weighted by Crippen LogP contribution is -2.01. The molecule has 4 rings (SSSR count). The smallest absolute Gasteiger partial charge is 0.231 e. The predicted molar refractivity (Wildman–Crippen MR) is 105 cm³/mol. The fourth-order valence-electron chi connectivity index (χ4n) is 2.92. The van der Waals surface area contributed by atoms with Gasteiger partial charge in [-0.05, 0) is 30.7 Å². The fourth-order valence-corrected chi connectivity index (χ4v) is 4.21. The summed E-state index contributed by atoms with van der Waals surface area (Å²) in [5.74, 6) is 3.62. The fraction of sp³-hybridized carbons (Fsp3) is 0.263. The van der Waals surface area contributed by atoms with Gasteiger partial charge in [-0.15, -0.1) is 10.2 Å². The van der Waals surface area contributed by atoms with E-state index < -0.39 is 0 Å². The van der Waals surface area contributed by atoms with E-state index in [9.17, 15) is 0 Å². The van der Waals surface area contributed by atoms with E-state index in [1.165, 1.54) is 0 Å². The summed E-state index contributed by atoms with van der Waals surface area (Å²) in [7, 11) is 1.66. The zero-order valence-electron chi connectivity index (χ0n) is 14.9. The maximum Gasteiger partial charge on any atom is 0.231 e. The van der Waals surface area contributed by atoms with Gasteiger partial charge < -0.3 is 18.8 Å². The number of para-hydroxylation sites is 1. The van der Waals surface area contributed by atoms with Gasteiger partial charge in [0.1, 0.15) is 5.75 Å². The Morgan fingerprint density at radius 3 is 2.74 bits per heavy atom. The van der Waals surface area contributed by atoms with Gasteiger partial charge in [-0.2, -0.15) is 0 Å². The molecule has 0 unspecified atom stereocenters. The van der Waals surface area contributed by atoms with Crippen LogP contribution in [-0.4, -0.2) is 28.7 Å². The van der Waals surface area contributed by atoms with Gasteiger partial charge in [0.2, 0.25) is 6.79 Å². The number of methoxy groups -OCH3 is 1. The first kappa shape index (κ1) is 18.0. The van der Waals surface area contributed by atoms with Gasteiger partial charge >= 0.3 is 0 Å². The molecular weight excluding hydrogens is 386 g/mol. The van der Waals surface area contributed by atoms with Crippen LogP contribution in [0.1, 0.15) is 12.5 Å². The van der Waals surface area contributed by atoms with Crippen molar-refractivity contribution in [3.63, 3.8) is 0 Å². The summed E-state index contributed by atoms with van der Waals surface area (Å²) in [6.45, 7) is 3.05. The molecule has 0 aliphatic carbocycles. The number of hydrogen-bond donors (Lipinski definition) is 0. The molecule has 8 heteroatoms. The molecule has 140 valence electrons. The Bertz CT molecular complexity index is 977. The van der Waals surface area contributed by atoms with Crippen molar-refractivity contribution in [2.45, 2.75) is 24.4 Å². The van der Waals surface area contributed by atoms with E-state index in [0.717, 1.165) is 40.2 Å². The first-order valence-corrected chi connectivity index (χ1v) is 9.85. The highest BCUT2D eigenvalue weighted by Gasteiger charge is 2.19. The van der Waals surface area contributed by atoms with Crippen LogP contribution in [-0.2, 0) is 12.3 Å². The molecule has 2 heterocycles. The van der Waals surface area contributed by atoms with Crippen LogP contribution in [0, 0.1) is 0 Å². The van der Waals surface area contributed by atoms with Gasteiger partial charge in [0.25, 0.3) is 0 Å². The van der Waals surface area contributed by atoms with E-state index in [2.05, 4.69) is 21.7 Å². The summed E-state index contributed by atoms with van der Waals surface area (Å²) in [6, 6.07) is 11.5. The van der Waals surface area contributed by atoms with E-state index in [4.69, 9.17) is 25.8 Å². The van der Waals surface area contributed by atoms with Gasteiger partial charge in [-0.1, -0.05) is 35.5 Å². The highest BCUT2D eigenvalue weighted by molar-refractivity contribution is 7.98. The molecule has 27 heavy (non-hydrogen) atoms. The molecule has 1 aliphatic rings. The molecule has 0 bridgehead atoms. The molecule has 0 amide bonds. The van der Waals surface area contributed by atoms with Crippen LogP contribution in [0.25, 0.3) is 11.4 Å². The topological polar surface area (TPSA) is 58.4 Å². The van der Waals surface area contributed by atoms with Gasteiger partial charge in [-0.25, -0.2) is 0 Å². The second kappa shape index (κ2) is 7.70. The molecule has 1 aromatic heterocycles. The number of aromatic nitrogens is 3. The van der Waals surface area contributed by atoms with E-state index >= 15 is 0 Å². The van der Waals surface area contributed by atoms with Crippen molar-refractivity contribution in [2.24, 2.45) is 0 Å². The Kier molecular flexibility index (Phi) is 5.13. The second-order valence-corrected chi connectivity index (χ2v) is 7.19. The van der Waals surface area contributed by atoms with Crippen molar-refractivity contribution in [3.8, 4) is 28.6 Å². The maximum absolute atomic E-state index is 6.38. The number of ether oxygens (including phenoxy) is 3. The molecule has 0 saturated heterocycles. The molecule has 6 nitrogen and oxygen atoms in total. The molecule has 0 radical (unpaired) electrons. The first-order valence-electron chi connectivity index (χ1n) is 8.48. The van der Waals surface area contributed by atoms with Crippen LogP contribution in [0.5, 0.6) is 17.2 Å². The van der Waals surface area contributed by atoms with Crippen LogP contribution in [0.2, 0.25) is 5.02 Å². The Balaban J connectivity index is 1.60. The van der Waals surface area contributed by atoms with Crippen LogP contribution >= 0.6 is 23.4 Å². The quantitative estimate of drug-likeness (QED) is 0.558. The monoisotopic (exact) mass is 403 g/mol. The van der Waals surface area contributed by atoms with E-state index in [1.807, 2.05) is 30.3 Å². The van der Waals surface area contributed by atoms with E-state index in [0.29, 0.717) is 16.5 Å². The summed E-state index contributed by atoms with van der Waals surface area (Å²) < 4.78 is 18.3. The third kappa shape index (κ3) is 3.44. The number of rotatable bonds is 6. The minimum atomic E-state index is 0.231. The Morgan fingerprint density at radius 1 is 1.19 bits per heavy atom. The minimum Gasteiger partial charge on any atom is -0.496 e. The van der Waals surface area contributed by atoms with E-state index in [-0.39, 0.29) is 6.79 Å². The molecule has 0 atom stereocenters. The van der Waals surface area contributed by atoms with Crippen LogP contribution in [0.15, 0.2) is 41.6 Å². The van der Waals surface area contributed by atoms with Gasteiger partial charge in [0, 0.05) is 23.4 Å². The van der Waals surface area contributed by atoms with Crippen molar-refractivity contribution in [3.05, 3.63) is 47.0 Å². The minimum absolute atomic E-state index is 0.231. The summed E-state index contributed by atoms with van der Waals surface area (Å²) in [4.78, 5) is 0. The number of thioether (sulfide) groups is 1. The molecule has 0 N–H and O–H groups in total. The highest BCUT2D eigenvalue weighted by atomic mass is 35.5. The van der Waals surface area contributed by atoms with Gasteiger partial charge in [-0.3, -0.25) is 0 Å². The molecule has 3 aromatic rings. The lowest BCUT2D eigenvalue weighted by molar-refractivity contribution is 0.174. The van der Waals surface area contributed by atoms with Crippen LogP contribution in [0.3, 0.4) is 0 Å². The number of hydrogen-bond acceptors (Lipinski definition) is 6. The van der Waals surface area contributed by atoms with Crippen molar-refractivity contribution in [1.82, 2.24) is 14.8 Å². The van der Waals surface area contributed by atoms with Gasteiger partial charge in [0.15, 0.2) is 22.5 Å². The van der Waals surface area contributed by atoms with Crippen LogP contribution < -0.4 is 14.2 Å². The Morgan fingerprint density at radius 2 is 1.96 bits per heavy atom. The normalized spacial score (nSPS) is 12.4. The number of fused-ring (bicyclic) bond motifs is 1. The average molecular weight is 404 g/mol. The average Bonchev–Trinajstić information content (AvgIpc) is 3.31. The third-order valence-corrected chi connectivity index (χ3v) is 5.65. The zero-order valence-corrected chi connectivity index (χ0v) is 16.5. The summed E-state index contributed by atoms with van der Waals surface area (Å²) in [5, 5.41) is 10.2. The Hall–Kier alpha value is -2.38. The van der Waals surface area contributed by atoms with Crippen molar-refractivity contribution in [2.75, 3.05) is 13.9 Å². The van der Waals surface area contributed by atoms with Gasteiger partial charge in [0.05, 0.1) is 12.7 Å². The molecule has 0 fully saturated rings. The standard InChI is InChI=1S/C19H18ClN3O3S/c1-3-23-18(13-6-4-5-7-15(13)24-2)21-22-19(23)27-10-12-8-16-17(9-14(12)20)26-11-25-16/h4-9H,3,10-11H2,1-2H3. The molecule has 2 aromatic carbocycles. The second-order valence-electron chi connectivity index (χ2n) is 5.84. The van der Waals surface area contributed by atoms with Crippen molar-refractivity contribution >= 4 is 23.4 Å². The van der Waals surface area contributed by atoms with Crippen LogP contribution in [0.4, 0.5) is 0 Å². The summed E-state index contributed by atoms with van der Waals surface area (Å²) in [6.07, 6.45) is 0. The number of benzene rings is 2. The lowest BCUT2D eigenvalue weighted by Gasteiger charge is -2.10. The van der Waals surface area contributed by atoms with Crippen molar-refractivity contribution < 1.29 is 14.2 Å². The number of nitrogens with zero attached hydrogens (tertiary/aromatic N) is 3. The molecule has 0 saturated carbocycles. The lowest BCUT2D eigenvalue weighted by atomic mass is 10.2. The highest BCUT2D eigenvalue weighted by Crippen LogP contribution is 2.39. The Labute approximate surface area is 166 Å². The zero-order chi connectivity index (χ0) is 18.8. The SMILES string of the molecule is CCn1c(SCc2cc3c(cc2Cl)OCO3)nnc1-c1ccccc1OC. The van der Waals surface area contributed by atoms with E-state index in [1.54, 1.807) is 24.9 Å². The first-order chi connectivity index (χ1) is 13.2. The largest absolute Gasteiger partial charge is 0.496 e. The summed E-state index contributed by atoms with van der Waals surface area (Å²) in [5.41, 5.74) is 1.89. The summed E-state index contributed by atoms with van der Waals surface area (Å²) >= 11 is 7.96.